The molecule has 0 spiro atoms. The maximum atomic E-state index is 12.3. The summed E-state index contributed by atoms with van der Waals surface area (Å²) >= 11 is 0. The van der Waals surface area contributed by atoms with E-state index in [1.807, 2.05) is 30.3 Å². The average Bonchev–Trinajstić information content (AvgIpc) is 2.80. The second-order valence-corrected chi connectivity index (χ2v) is 5.15. The van der Waals surface area contributed by atoms with Crippen LogP contribution >= 0.6 is 0 Å². The van der Waals surface area contributed by atoms with Gasteiger partial charge < -0.3 is 15.3 Å². The molecule has 2 amide bonds. The number of nitrogens with one attached hydrogen (secondary N) is 1. The van der Waals surface area contributed by atoms with Gasteiger partial charge >= 0.3 is 0 Å². The van der Waals surface area contributed by atoms with Gasteiger partial charge in [0.15, 0.2) is 0 Å². The highest BCUT2D eigenvalue weighted by molar-refractivity contribution is 5.97. The van der Waals surface area contributed by atoms with E-state index in [-0.39, 0.29) is 18.4 Å². The number of fused-ring (bicyclic) bond motifs is 1. The van der Waals surface area contributed by atoms with E-state index in [0.29, 0.717) is 12.8 Å². The van der Waals surface area contributed by atoms with Gasteiger partial charge in [-0.15, -0.1) is 0 Å². The van der Waals surface area contributed by atoms with Gasteiger partial charge in [-0.1, -0.05) is 30.3 Å². The molecule has 5 heteroatoms. The van der Waals surface area contributed by atoms with E-state index in [4.69, 9.17) is 0 Å². The number of benzene rings is 1. The fraction of sp³-hybridized carbons (Fsp3) is 0.429. The van der Waals surface area contributed by atoms with Crippen LogP contribution in [0.15, 0.2) is 30.3 Å². The van der Waals surface area contributed by atoms with Gasteiger partial charge in [0.2, 0.25) is 11.8 Å². The van der Waals surface area contributed by atoms with E-state index in [1.165, 1.54) is 4.90 Å². The second-order valence-electron chi connectivity index (χ2n) is 5.15. The number of nitrogens with zero attached hydrogens (tertiary/aromatic N) is 1. The first-order chi connectivity index (χ1) is 9.15. The van der Waals surface area contributed by atoms with Crippen LogP contribution in [0.5, 0.6) is 0 Å². The van der Waals surface area contributed by atoms with Gasteiger partial charge in [0.25, 0.3) is 0 Å². The van der Waals surface area contributed by atoms with Crippen molar-refractivity contribution in [3.63, 3.8) is 0 Å². The van der Waals surface area contributed by atoms with Crippen molar-refractivity contribution in [3.05, 3.63) is 35.9 Å². The first-order valence-corrected chi connectivity index (χ1v) is 6.48. The van der Waals surface area contributed by atoms with Crippen molar-refractivity contribution in [2.75, 3.05) is 6.54 Å². The lowest BCUT2D eigenvalue weighted by Gasteiger charge is -2.34. The van der Waals surface area contributed by atoms with E-state index < -0.39 is 18.2 Å². The molecule has 2 N–H and O–H groups in total. The molecule has 2 aliphatic rings. The van der Waals surface area contributed by atoms with Crippen molar-refractivity contribution >= 4 is 11.8 Å². The van der Waals surface area contributed by atoms with Gasteiger partial charge in [-0.25, -0.2) is 0 Å². The van der Waals surface area contributed by atoms with Crippen LogP contribution in [0, 0.1) is 0 Å². The predicted octanol–water partition coefficient (Wildman–Crippen LogP) is -0.311. The SMILES string of the molecule is O=C1N[C@@H](Cc2ccccc2)C(=O)N2C[C@H](O)C[C@@H]12. The smallest absolute Gasteiger partial charge is 0.246 e. The minimum absolute atomic E-state index is 0.0926. The van der Waals surface area contributed by atoms with Crippen LogP contribution in [0.25, 0.3) is 0 Å². The zero-order valence-corrected chi connectivity index (χ0v) is 10.5. The van der Waals surface area contributed by atoms with Crippen LogP contribution in [0.3, 0.4) is 0 Å². The normalized spacial score (nSPS) is 30.2. The Hall–Kier alpha value is -1.88. The van der Waals surface area contributed by atoms with E-state index in [2.05, 4.69) is 5.32 Å². The van der Waals surface area contributed by atoms with E-state index >= 15 is 0 Å². The molecule has 2 fully saturated rings. The zero-order chi connectivity index (χ0) is 13.4. The monoisotopic (exact) mass is 260 g/mol. The number of amides is 2. The molecule has 0 aromatic heterocycles. The summed E-state index contributed by atoms with van der Waals surface area (Å²) in [4.78, 5) is 25.8. The first kappa shape index (κ1) is 12.2. The summed E-state index contributed by atoms with van der Waals surface area (Å²) in [6.45, 7) is 0.266. The number of carbonyl (C=O) groups is 2. The van der Waals surface area contributed by atoms with Crippen molar-refractivity contribution in [1.82, 2.24) is 10.2 Å². The molecule has 0 saturated carbocycles. The predicted molar refractivity (Wildman–Crippen MR) is 68.2 cm³/mol. The molecule has 0 bridgehead atoms. The highest BCUT2D eigenvalue weighted by Gasteiger charge is 2.45. The maximum absolute atomic E-state index is 12.3. The fourth-order valence-corrected chi connectivity index (χ4v) is 2.82. The van der Waals surface area contributed by atoms with Gasteiger partial charge in [0, 0.05) is 19.4 Å². The molecule has 5 nitrogen and oxygen atoms in total. The van der Waals surface area contributed by atoms with Crippen molar-refractivity contribution in [2.24, 2.45) is 0 Å². The van der Waals surface area contributed by atoms with Crippen molar-refractivity contribution < 1.29 is 14.7 Å². The lowest BCUT2D eigenvalue weighted by molar-refractivity contribution is -0.147. The van der Waals surface area contributed by atoms with Gasteiger partial charge in [0.05, 0.1) is 6.10 Å². The van der Waals surface area contributed by atoms with Crippen LogP contribution in [0.2, 0.25) is 0 Å². The average molecular weight is 260 g/mol. The van der Waals surface area contributed by atoms with Crippen LogP contribution < -0.4 is 5.32 Å². The number of rotatable bonds is 2. The molecule has 1 aromatic carbocycles. The molecule has 2 saturated heterocycles. The summed E-state index contributed by atoms with van der Waals surface area (Å²) in [5, 5.41) is 12.4. The highest BCUT2D eigenvalue weighted by atomic mass is 16.3. The third-order valence-electron chi connectivity index (χ3n) is 3.76. The van der Waals surface area contributed by atoms with Crippen LogP contribution in [0.4, 0.5) is 0 Å². The molecule has 19 heavy (non-hydrogen) atoms. The lowest BCUT2D eigenvalue weighted by atomic mass is 10.0. The number of aliphatic hydroxyl groups is 1. The van der Waals surface area contributed by atoms with E-state index in [1.54, 1.807) is 0 Å². The van der Waals surface area contributed by atoms with Gasteiger partial charge in [-0.2, -0.15) is 0 Å². The lowest BCUT2D eigenvalue weighted by Crippen LogP contribution is -2.61. The fourth-order valence-electron chi connectivity index (χ4n) is 2.82. The largest absolute Gasteiger partial charge is 0.391 e. The number of carbonyl (C=O) groups excluding carboxylic acids is 2. The van der Waals surface area contributed by atoms with Gasteiger partial charge in [0.1, 0.15) is 12.1 Å². The first-order valence-electron chi connectivity index (χ1n) is 6.48. The molecular formula is C14H16N2O3. The Kier molecular flexibility index (Phi) is 2.98. The molecule has 0 aliphatic carbocycles. The Morgan fingerprint density at radius 2 is 2.00 bits per heavy atom. The van der Waals surface area contributed by atoms with E-state index in [9.17, 15) is 14.7 Å². The summed E-state index contributed by atoms with van der Waals surface area (Å²) in [7, 11) is 0. The summed E-state index contributed by atoms with van der Waals surface area (Å²) in [5.41, 5.74) is 1.01. The molecular weight excluding hydrogens is 244 g/mol. The third-order valence-corrected chi connectivity index (χ3v) is 3.76. The van der Waals surface area contributed by atoms with Crippen LogP contribution in [0.1, 0.15) is 12.0 Å². The molecule has 100 valence electrons. The van der Waals surface area contributed by atoms with Gasteiger partial charge in [-0.05, 0) is 5.56 Å². The quantitative estimate of drug-likeness (QED) is 0.766. The van der Waals surface area contributed by atoms with Gasteiger partial charge in [-0.3, -0.25) is 9.59 Å². The van der Waals surface area contributed by atoms with E-state index in [0.717, 1.165) is 5.56 Å². The number of aliphatic hydroxyl groups excluding tert-OH is 1. The summed E-state index contributed by atoms with van der Waals surface area (Å²) in [6, 6.07) is 8.59. The minimum Gasteiger partial charge on any atom is -0.391 e. The summed E-state index contributed by atoms with van der Waals surface area (Å²) < 4.78 is 0. The second kappa shape index (κ2) is 4.66. The van der Waals surface area contributed by atoms with Crippen molar-refractivity contribution in [3.8, 4) is 0 Å². The molecule has 2 aliphatic heterocycles. The Balaban J connectivity index is 1.77. The number of hydrogen-bond donors (Lipinski definition) is 2. The Morgan fingerprint density at radius 1 is 1.26 bits per heavy atom. The Morgan fingerprint density at radius 3 is 2.74 bits per heavy atom. The third kappa shape index (κ3) is 2.21. The summed E-state index contributed by atoms with van der Waals surface area (Å²) in [6.07, 6.45) is 0.246. The standard InChI is InChI=1S/C14H16N2O3/c17-10-7-12-13(18)15-11(14(19)16(12)8-10)6-9-4-2-1-3-5-9/h1-5,10-12,17H,6-8H2,(H,15,18)/t10-,11+,12+/m1/s1. The Bertz CT molecular complexity index is 503. The molecule has 3 rings (SSSR count). The number of piperazine rings is 1. The van der Waals surface area contributed by atoms with Crippen molar-refractivity contribution in [1.29, 1.82) is 0 Å². The zero-order valence-electron chi connectivity index (χ0n) is 10.5. The molecule has 3 atom stereocenters. The molecule has 0 unspecified atom stereocenters. The summed E-state index contributed by atoms with van der Waals surface area (Å²) in [5.74, 6) is -0.248. The van der Waals surface area contributed by atoms with Crippen LogP contribution in [-0.4, -0.2) is 46.6 Å². The van der Waals surface area contributed by atoms with Crippen LogP contribution in [-0.2, 0) is 16.0 Å². The topological polar surface area (TPSA) is 69.6 Å². The minimum atomic E-state index is -0.588. The van der Waals surface area contributed by atoms with Crippen molar-refractivity contribution in [2.45, 2.75) is 31.0 Å². The molecule has 2 heterocycles. The maximum Gasteiger partial charge on any atom is 0.246 e. The molecule has 1 aromatic rings. The molecule has 0 radical (unpaired) electrons. The highest BCUT2D eigenvalue weighted by Crippen LogP contribution is 2.23. The Labute approximate surface area is 111 Å². The number of hydrogen-bond acceptors (Lipinski definition) is 3.